The lowest BCUT2D eigenvalue weighted by atomic mass is 10.00. The zero-order chi connectivity index (χ0) is 16.5. The van der Waals surface area contributed by atoms with Gasteiger partial charge in [-0.3, -0.25) is 4.98 Å². The maximum absolute atomic E-state index is 9.98. The quantitative estimate of drug-likeness (QED) is 0.908. The summed E-state index contributed by atoms with van der Waals surface area (Å²) in [6.07, 6.45) is 1.72. The molecular formula is C17H32N2O2. The fourth-order valence-electron chi connectivity index (χ4n) is 1.96. The summed E-state index contributed by atoms with van der Waals surface area (Å²) in [4.78, 5) is 6.50. The number of morpholine rings is 1. The molecule has 0 saturated carbocycles. The normalized spacial score (nSPS) is 18.1. The van der Waals surface area contributed by atoms with Crippen molar-refractivity contribution in [2.24, 2.45) is 0 Å². The van der Waals surface area contributed by atoms with Gasteiger partial charge < -0.3 is 14.7 Å². The van der Waals surface area contributed by atoms with Gasteiger partial charge in [-0.15, -0.1) is 0 Å². The first kappa shape index (κ1) is 19.9. The molecule has 0 spiro atoms. The maximum Gasteiger partial charge on any atom is 0.103 e. The zero-order valence-electron chi connectivity index (χ0n) is 14.7. The minimum absolute atomic E-state index is 0.155. The molecule has 0 aliphatic carbocycles. The Kier molecular flexibility index (Phi) is 9.22. The minimum atomic E-state index is -0.809. The molecule has 1 N–H and O–H groups in total. The van der Waals surface area contributed by atoms with Crippen LogP contribution in [0, 0.1) is 6.92 Å². The number of aryl methyl sites for hydroxylation is 1. The molecule has 1 aliphatic heterocycles. The van der Waals surface area contributed by atoms with E-state index in [2.05, 4.69) is 16.0 Å². The summed E-state index contributed by atoms with van der Waals surface area (Å²) in [5, 5.41) is 9.98. The number of hydrogen-bond acceptors (Lipinski definition) is 4. The first-order valence-electron chi connectivity index (χ1n) is 7.98. The maximum atomic E-state index is 9.98. The molecule has 0 aromatic carbocycles. The van der Waals surface area contributed by atoms with Crippen LogP contribution in [-0.2, 0) is 4.74 Å². The Hall–Kier alpha value is -1.13. The summed E-state index contributed by atoms with van der Waals surface area (Å²) in [7, 11) is 0. The number of ether oxygens (including phenoxy) is 1. The molecule has 21 heavy (non-hydrogen) atoms. The molecule has 4 nitrogen and oxygen atoms in total. The van der Waals surface area contributed by atoms with E-state index < -0.39 is 5.60 Å². The van der Waals surface area contributed by atoms with Crippen molar-refractivity contribution in [2.45, 2.75) is 60.2 Å². The van der Waals surface area contributed by atoms with Gasteiger partial charge in [0.15, 0.2) is 0 Å². The molecule has 2 heterocycles. The lowest BCUT2D eigenvalue weighted by Gasteiger charge is -2.39. The smallest absolute Gasteiger partial charge is 0.103 e. The van der Waals surface area contributed by atoms with E-state index in [-0.39, 0.29) is 6.10 Å². The summed E-state index contributed by atoms with van der Waals surface area (Å²) in [5.74, 6) is 0. The van der Waals surface area contributed by atoms with Gasteiger partial charge >= 0.3 is 0 Å². The molecule has 122 valence electrons. The van der Waals surface area contributed by atoms with E-state index in [9.17, 15) is 5.11 Å². The summed E-state index contributed by atoms with van der Waals surface area (Å²) in [6, 6.07) is 4.07. The first-order chi connectivity index (χ1) is 9.97. The van der Waals surface area contributed by atoms with Gasteiger partial charge in [0.05, 0.1) is 24.1 Å². The third kappa shape index (κ3) is 6.44. The minimum Gasteiger partial charge on any atom is -0.388 e. The Balaban J connectivity index is 0.000000921. The van der Waals surface area contributed by atoms with Crippen LogP contribution in [0.3, 0.4) is 0 Å². The summed E-state index contributed by atoms with van der Waals surface area (Å²) in [5.41, 5.74) is 1.30. The summed E-state index contributed by atoms with van der Waals surface area (Å²) >= 11 is 0. The second kappa shape index (κ2) is 9.74. The van der Waals surface area contributed by atoms with Crippen molar-refractivity contribution in [1.29, 1.82) is 0 Å². The summed E-state index contributed by atoms with van der Waals surface area (Å²) < 4.78 is 5.61. The Morgan fingerprint density at radius 3 is 2.33 bits per heavy atom. The average Bonchev–Trinajstić information content (AvgIpc) is 2.51. The molecule has 0 amide bonds. The Bertz CT molecular complexity index is 371. The zero-order valence-corrected chi connectivity index (χ0v) is 14.7. The van der Waals surface area contributed by atoms with Crippen LogP contribution >= 0.6 is 0 Å². The molecular weight excluding hydrogens is 264 g/mol. The van der Waals surface area contributed by atoms with E-state index in [0.717, 1.165) is 17.9 Å². The van der Waals surface area contributed by atoms with Crippen LogP contribution in [0.15, 0.2) is 18.3 Å². The highest BCUT2D eigenvalue weighted by molar-refractivity contribution is 5.45. The van der Waals surface area contributed by atoms with Crippen LogP contribution in [0.5, 0.6) is 0 Å². The second-order valence-corrected chi connectivity index (χ2v) is 5.12. The standard InChI is InChI=1S/C13H20N2O2.2C2H6/c1-10-4-5-11(8-14-10)15-6-7-17-12(9-15)13(2,3)16;2*1-2/h4-5,8,12,16H,6-7,9H2,1-3H3;2*1-2H3. The fourth-order valence-corrected chi connectivity index (χ4v) is 1.96. The highest BCUT2D eigenvalue weighted by Gasteiger charge is 2.32. The van der Waals surface area contributed by atoms with Crippen molar-refractivity contribution >= 4 is 5.69 Å². The van der Waals surface area contributed by atoms with Crippen molar-refractivity contribution in [2.75, 3.05) is 24.6 Å². The fraction of sp³-hybridized carbons (Fsp3) is 0.706. The average molecular weight is 296 g/mol. The lowest BCUT2D eigenvalue weighted by molar-refractivity contribution is -0.0928. The van der Waals surface area contributed by atoms with Crippen LogP contribution in [0.4, 0.5) is 5.69 Å². The number of rotatable bonds is 2. The molecule has 0 bridgehead atoms. The molecule has 1 fully saturated rings. The van der Waals surface area contributed by atoms with Gasteiger partial charge in [0, 0.05) is 18.8 Å². The van der Waals surface area contributed by atoms with Crippen molar-refractivity contribution in [3.63, 3.8) is 0 Å². The summed E-state index contributed by atoms with van der Waals surface area (Å²) in [6.45, 7) is 15.7. The van der Waals surface area contributed by atoms with Crippen molar-refractivity contribution in [3.05, 3.63) is 24.0 Å². The van der Waals surface area contributed by atoms with Gasteiger partial charge in [-0.25, -0.2) is 0 Å². The largest absolute Gasteiger partial charge is 0.388 e. The highest BCUT2D eigenvalue weighted by Crippen LogP contribution is 2.22. The van der Waals surface area contributed by atoms with Gasteiger partial charge in [-0.05, 0) is 32.9 Å². The number of aliphatic hydroxyl groups is 1. The van der Waals surface area contributed by atoms with Crippen LogP contribution in [0.2, 0.25) is 0 Å². The molecule has 4 heteroatoms. The van der Waals surface area contributed by atoms with Crippen molar-refractivity contribution in [1.82, 2.24) is 4.98 Å². The van der Waals surface area contributed by atoms with Crippen LogP contribution < -0.4 is 4.90 Å². The highest BCUT2D eigenvalue weighted by atomic mass is 16.5. The van der Waals surface area contributed by atoms with Gasteiger partial charge in [0.25, 0.3) is 0 Å². The van der Waals surface area contributed by atoms with E-state index in [1.807, 2.05) is 46.9 Å². The van der Waals surface area contributed by atoms with Gasteiger partial charge in [0.1, 0.15) is 6.10 Å². The number of nitrogens with zero attached hydrogens (tertiary/aromatic N) is 2. The molecule has 0 radical (unpaired) electrons. The van der Waals surface area contributed by atoms with Crippen molar-refractivity contribution < 1.29 is 9.84 Å². The number of hydrogen-bond donors (Lipinski definition) is 1. The molecule has 1 unspecified atom stereocenters. The van der Waals surface area contributed by atoms with E-state index in [4.69, 9.17) is 4.74 Å². The first-order valence-corrected chi connectivity index (χ1v) is 7.98. The SMILES string of the molecule is CC.CC.Cc1ccc(N2CCOC(C(C)(C)O)C2)cn1. The Morgan fingerprint density at radius 1 is 1.24 bits per heavy atom. The Morgan fingerprint density at radius 2 is 1.86 bits per heavy atom. The van der Waals surface area contributed by atoms with E-state index in [1.165, 1.54) is 0 Å². The molecule has 1 atom stereocenters. The van der Waals surface area contributed by atoms with E-state index in [0.29, 0.717) is 13.2 Å². The number of aromatic nitrogens is 1. The number of pyridine rings is 1. The lowest BCUT2D eigenvalue weighted by Crippen LogP contribution is -2.52. The van der Waals surface area contributed by atoms with Gasteiger partial charge in [-0.1, -0.05) is 27.7 Å². The molecule has 2 rings (SSSR count). The monoisotopic (exact) mass is 296 g/mol. The van der Waals surface area contributed by atoms with E-state index in [1.54, 1.807) is 13.8 Å². The molecule has 1 aliphatic rings. The third-order valence-electron chi connectivity index (χ3n) is 3.12. The van der Waals surface area contributed by atoms with Crippen LogP contribution in [0.1, 0.15) is 47.2 Å². The number of anilines is 1. The van der Waals surface area contributed by atoms with Crippen LogP contribution in [0.25, 0.3) is 0 Å². The topological polar surface area (TPSA) is 45.6 Å². The van der Waals surface area contributed by atoms with Gasteiger partial charge in [-0.2, -0.15) is 0 Å². The molecule has 1 aromatic heterocycles. The molecule has 1 saturated heterocycles. The van der Waals surface area contributed by atoms with E-state index >= 15 is 0 Å². The van der Waals surface area contributed by atoms with Crippen LogP contribution in [-0.4, -0.2) is 41.5 Å². The Labute approximate surface area is 130 Å². The predicted octanol–water partition coefficient (Wildman–Crippen LogP) is 3.42. The van der Waals surface area contributed by atoms with Crippen molar-refractivity contribution in [3.8, 4) is 0 Å². The third-order valence-corrected chi connectivity index (χ3v) is 3.12. The molecule has 1 aromatic rings. The van der Waals surface area contributed by atoms with Gasteiger partial charge in [0.2, 0.25) is 0 Å². The predicted molar refractivity (Wildman–Crippen MR) is 89.9 cm³/mol. The second-order valence-electron chi connectivity index (χ2n) is 5.12.